The van der Waals surface area contributed by atoms with Gasteiger partial charge in [0, 0.05) is 33.1 Å². The van der Waals surface area contributed by atoms with Crippen LogP contribution in [0.25, 0.3) is 0 Å². The van der Waals surface area contributed by atoms with Crippen LogP contribution in [-0.4, -0.2) is 61.9 Å². The molecule has 18 heavy (non-hydrogen) atoms. The van der Waals surface area contributed by atoms with Gasteiger partial charge in [0.15, 0.2) is 0 Å². The van der Waals surface area contributed by atoms with Crippen LogP contribution in [0.1, 0.15) is 6.92 Å². The average molecular weight is 282 g/mol. The number of halogens is 2. The number of hydrogen-bond donors (Lipinski definition) is 0. The van der Waals surface area contributed by atoms with Crippen molar-refractivity contribution in [2.75, 3.05) is 32.4 Å². The first kappa shape index (κ1) is 13.7. The maximum Gasteiger partial charge on any atom is 0.259 e. The number of hydrogen-bond acceptors (Lipinski definition) is 3. The summed E-state index contributed by atoms with van der Waals surface area (Å²) >= 11 is 0. The zero-order chi connectivity index (χ0) is 13.7. The maximum atomic E-state index is 14.0. The molecule has 5 nitrogen and oxygen atoms in total. The van der Waals surface area contributed by atoms with E-state index in [4.69, 9.17) is 0 Å². The van der Waals surface area contributed by atoms with Gasteiger partial charge in [-0.05, 0) is 0 Å². The van der Waals surface area contributed by atoms with Crippen LogP contribution in [0.15, 0.2) is 0 Å². The molecule has 8 heteroatoms. The first-order chi connectivity index (χ1) is 8.12. The summed E-state index contributed by atoms with van der Waals surface area (Å²) in [5, 5.41) is 0. The van der Waals surface area contributed by atoms with Crippen molar-refractivity contribution in [1.29, 1.82) is 0 Å². The lowest BCUT2D eigenvalue weighted by Gasteiger charge is -2.49. The molecule has 2 heterocycles. The molecule has 0 radical (unpaired) electrons. The molecule has 2 aliphatic rings. The van der Waals surface area contributed by atoms with E-state index < -0.39 is 27.8 Å². The Labute approximate surface area is 105 Å². The van der Waals surface area contributed by atoms with Gasteiger partial charge in [0.2, 0.25) is 15.9 Å². The number of piperidine rings is 2. The van der Waals surface area contributed by atoms with Gasteiger partial charge in [0.05, 0.1) is 18.1 Å². The largest absolute Gasteiger partial charge is 0.342 e. The minimum atomic E-state index is -3.46. The number of amides is 1. The first-order valence-electron chi connectivity index (χ1n) is 5.71. The van der Waals surface area contributed by atoms with Crippen LogP contribution in [-0.2, 0) is 14.8 Å². The standard InChI is InChI=1S/C10H16F2N2O3S/c1-7(15)13-3-8-5-14(18(2,16)17)6-9(4-13)10(8,11)12/h8-9H,3-6H2,1-2H3. The van der Waals surface area contributed by atoms with E-state index in [1.165, 1.54) is 11.8 Å². The summed E-state index contributed by atoms with van der Waals surface area (Å²) in [5.41, 5.74) is 0. The molecule has 0 N–H and O–H groups in total. The van der Waals surface area contributed by atoms with E-state index in [2.05, 4.69) is 0 Å². The number of rotatable bonds is 1. The summed E-state index contributed by atoms with van der Waals surface area (Å²) in [5.74, 6) is -5.35. The molecule has 0 aromatic rings. The van der Waals surface area contributed by atoms with Crippen LogP contribution < -0.4 is 0 Å². The Hall–Kier alpha value is -0.760. The Morgan fingerprint density at radius 1 is 1.17 bits per heavy atom. The predicted octanol–water partition coefficient (Wildman–Crippen LogP) is -0.00860. The molecule has 2 aliphatic heterocycles. The minimum Gasteiger partial charge on any atom is -0.342 e. The fourth-order valence-electron chi connectivity index (χ4n) is 2.64. The molecule has 0 aliphatic carbocycles. The van der Waals surface area contributed by atoms with Crippen molar-refractivity contribution in [2.45, 2.75) is 12.8 Å². The molecule has 2 bridgehead atoms. The lowest BCUT2D eigenvalue weighted by atomic mass is 9.81. The molecule has 0 saturated carbocycles. The highest BCUT2D eigenvalue weighted by Gasteiger charge is 2.56. The molecule has 104 valence electrons. The number of carbonyl (C=O) groups excluding carboxylic acids is 1. The quantitative estimate of drug-likeness (QED) is 0.680. The summed E-state index contributed by atoms with van der Waals surface area (Å²) in [7, 11) is -3.46. The zero-order valence-corrected chi connectivity index (χ0v) is 11.1. The number of alkyl halides is 2. The van der Waals surface area contributed by atoms with Crippen molar-refractivity contribution in [1.82, 2.24) is 9.21 Å². The number of carbonyl (C=O) groups is 1. The lowest BCUT2D eigenvalue weighted by Crippen LogP contribution is -2.64. The van der Waals surface area contributed by atoms with Crippen molar-refractivity contribution < 1.29 is 22.0 Å². The molecule has 2 rings (SSSR count). The van der Waals surface area contributed by atoms with Crippen molar-refractivity contribution in [2.24, 2.45) is 11.8 Å². The van der Waals surface area contributed by atoms with E-state index in [9.17, 15) is 22.0 Å². The molecule has 0 spiro atoms. The Morgan fingerprint density at radius 3 is 1.94 bits per heavy atom. The van der Waals surface area contributed by atoms with Gasteiger partial charge < -0.3 is 4.90 Å². The Balaban J connectivity index is 2.25. The van der Waals surface area contributed by atoms with E-state index in [1.54, 1.807) is 0 Å². The van der Waals surface area contributed by atoms with Crippen molar-refractivity contribution in [3.63, 3.8) is 0 Å². The third-order valence-corrected chi connectivity index (χ3v) is 4.97. The van der Waals surface area contributed by atoms with Crippen LogP contribution >= 0.6 is 0 Å². The topological polar surface area (TPSA) is 57.7 Å². The van der Waals surface area contributed by atoms with Crippen molar-refractivity contribution >= 4 is 15.9 Å². The second kappa shape index (κ2) is 4.12. The Morgan fingerprint density at radius 2 is 1.61 bits per heavy atom. The molecule has 2 fully saturated rings. The van der Waals surface area contributed by atoms with Crippen LogP contribution in [0, 0.1) is 11.8 Å². The third kappa shape index (κ3) is 2.23. The molecular weight excluding hydrogens is 266 g/mol. The first-order valence-corrected chi connectivity index (χ1v) is 7.55. The molecular formula is C10H16F2N2O3S. The van der Waals surface area contributed by atoms with Gasteiger partial charge in [-0.3, -0.25) is 4.79 Å². The summed E-state index contributed by atoms with van der Waals surface area (Å²) in [6.07, 6.45) is 1.02. The van der Waals surface area contributed by atoms with E-state index in [0.717, 1.165) is 10.6 Å². The van der Waals surface area contributed by atoms with Gasteiger partial charge >= 0.3 is 0 Å². The minimum absolute atomic E-state index is 0.0785. The van der Waals surface area contributed by atoms with Crippen molar-refractivity contribution in [3.05, 3.63) is 0 Å². The van der Waals surface area contributed by atoms with Gasteiger partial charge in [0.1, 0.15) is 0 Å². The van der Waals surface area contributed by atoms with Crippen LogP contribution in [0.4, 0.5) is 8.78 Å². The van der Waals surface area contributed by atoms with Crippen LogP contribution in [0.5, 0.6) is 0 Å². The fraction of sp³-hybridized carbons (Fsp3) is 0.900. The van der Waals surface area contributed by atoms with E-state index in [-0.39, 0.29) is 32.1 Å². The highest BCUT2D eigenvalue weighted by atomic mass is 32.2. The Bertz CT molecular complexity index is 448. The normalized spacial score (nSPS) is 32.3. The number of sulfonamides is 1. The summed E-state index contributed by atoms with van der Waals surface area (Å²) in [6.45, 7) is 0.751. The van der Waals surface area contributed by atoms with Gasteiger partial charge in [0.25, 0.3) is 5.92 Å². The zero-order valence-electron chi connectivity index (χ0n) is 10.3. The summed E-state index contributed by atoms with van der Waals surface area (Å²) in [4.78, 5) is 12.6. The van der Waals surface area contributed by atoms with E-state index >= 15 is 0 Å². The summed E-state index contributed by atoms with van der Waals surface area (Å²) < 4.78 is 51.9. The monoisotopic (exact) mass is 282 g/mol. The second-order valence-electron chi connectivity index (χ2n) is 5.07. The van der Waals surface area contributed by atoms with Gasteiger partial charge in [-0.15, -0.1) is 0 Å². The van der Waals surface area contributed by atoms with Crippen molar-refractivity contribution in [3.8, 4) is 0 Å². The summed E-state index contributed by atoms with van der Waals surface area (Å²) in [6, 6.07) is 0. The molecule has 2 saturated heterocycles. The molecule has 1 amide bonds. The smallest absolute Gasteiger partial charge is 0.259 e. The van der Waals surface area contributed by atoms with E-state index in [1.807, 2.05) is 0 Å². The van der Waals surface area contributed by atoms with Crippen LogP contribution in [0.3, 0.4) is 0 Å². The van der Waals surface area contributed by atoms with Gasteiger partial charge in [-0.25, -0.2) is 21.5 Å². The molecule has 0 aromatic heterocycles. The average Bonchev–Trinajstić information content (AvgIpc) is 2.12. The Kier molecular flexibility index (Phi) is 3.13. The molecule has 0 aromatic carbocycles. The second-order valence-corrected chi connectivity index (χ2v) is 7.05. The molecule has 2 atom stereocenters. The predicted molar refractivity (Wildman–Crippen MR) is 60.6 cm³/mol. The lowest BCUT2D eigenvalue weighted by molar-refractivity contribution is -0.181. The van der Waals surface area contributed by atoms with E-state index in [0.29, 0.717) is 0 Å². The maximum absolute atomic E-state index is 14.0. The number of likely N-dealkylation sites (tertiary alicyclic amines) is 1. The highest BCUT2D eigenvalue weighted by Crippen LogP contribution is 2.42. The van der Waals surface area contributed by atoms with Crippen LogP contribution in [0.2, 0.25) is 0 Å². The fourth-order valence-corrected chi connectivity index (χ4v) is 3.54. The van der Waals surface area contributed by atoms with Gasteiger partial charge in [-0.2, -0.15) is 0 Å². The molecule has 2 unspecified atom stereocenters. The SMILES string of the molecule is CC(=O)N1CC2CN(S(C)(=O)=O)CC(C1)C2(F)F. The third-order valence-electron chi connectivity index (χ3n) is 3.73. The number of nitrogens with zero attached hydrogens (tertiary/aromatic N) is 2. The highest BCUT2D eigenvalue weighted by molar-refractivity contribution is 7.88. The number of fused-ring (bicyclic) bond motifs is 2. The van der Waals surface area contributed by atoms with Gasteiger partial charge in [-0.1, -0.05) is 0 Å².